The minimum Gasteiger partial charge on any atom is -0.496 e. The van der Waals surface area contributed by atoms with Crippen molar-refractivity contribution in [2.75, 3.05) is 7.11 Å². The second-order valence-electron chi connectivity index (χ2n) is 5.28. The fourth-order valence-electron chi connectivity index (χ4n) is 2.62. The van der Waals surface area contributed by atoms with Gasteiger partial charge in [0.2, 0.25) is 0 Å². The number of methoxy groups -OCH3 is 1. The molecule has 3 rings (SSSR count). The predicted octanol–water partition coefficient (Wildman–Crippen LogP) is 4.26. The summed E-state index contributed by atoms with van der Waals surface area (Å²) in [4.78, 5) is 16.4. The smallest absolute Gasteiger partial charge is 0.307 e. The molecule has 0 aliphatic rings. The van der Waals surface area contributed by atoms with Crippen LogP contribution in [0.1, 0.15) is 11.3 Å². The maximum absolute atomic E-state index is 10.9. The highest BCUT2D eigenvalue weighted by Crippen LogP contribution is 2.40. The molecular formula is C18H17NO3S. The van der Waals surface area contributed by atoms with Gasteiger partial charge in [-0.3, -0.25) is 4.79 Å². The molecule has 0 amide bonds. The Hall–Kier alpha value is -2.40. The molecule has 3 aromatic rings. The number of nitrogens with one attached hydrogen (secondary N) is 1. The lowest BCUT2D eigenvalue weighted by Gasteiger charge is -2.07. The van der Waals surface area contributed by atoms with E-state index >= 15 is 0 Å². The van der Waals surface area contributed by atoms with Gasteiger partial charge in [-0.1, -0.05) is 30.0 Å². The van der Waals surface area contributed by atoms with Gasteiger partial charge in [-0.25, -0.2) is 0 Å². The zero-order valence-electron chi connectivity index (χ0n) is 12.9. The first-order valence-electron chi connectivity index (χ1n) is 7.22. The predicted molar refractivity (Wildman–Crippen MR) is 91.5 cm³/mol. The molecule has 2 N–H and O–H groups in total. The Morgan fingerprint density at radius 3 is 2.78 bits per heavy atom. The first-order valence-corrected chi connectivity index (χ1v) is 8.04. The number of H-pyrrole nitrogens is 1. The van der Waals surface area contributed by atoms with E-state index in [1.54, 1.807) is 18.9 Å². The molecule has 0 aliphatic carbocycles. The van der Waals surface area contributed by atoms with Gasteiger partial charge in [0, 0.05) is 15.5 Å². The van der Waals surface area contributed by atoms with Crippen LogP contribution in [0.2, 0.25) is 0 Å². The Morgan fingerprint density at radius 1 is 1.26 bits per heavy atom. The van der Waals surface area contributed by atoms with Gasteiger partial charge in [0.15, 0.2) is 0 Å². The summed E-state index contributed by atoms with van der Waals surface area (Å²) in [6.07, 6.45) is 0.0323. The number of fused-ring (bicyclic) bond motifs is 1. The third-order valence-corrected chi connectivity index (χ3v) is 4.81. The number of carboxylic acids is 1. The van der Waals surface area contributed by atoms with Crippen LogP contribution in [-0.2, 0) is 11.2 Å². The van der Waals surface area contributed by atoms with E-state index < -0.39 is 5.97 Å². The molecule has 0 saturated carbocycles. The second-order valence-corrected chi connectivity index (χ2v) is 6.37. The summed E-state index contributed by atoms with van der Waals surface area (Å²) in [5.41, 5.74) is 2.90. The van der Waals surface area contributed by atoms with Crippen LogP contribution in [-0.4, -0.2) is 23.2 Å². The minimum absolute atomic E-state index is 0.0323. The SMILES string of the molecule is COc1cccc2[nH]c(C)c(Sc3cccc(CC(=O)O)c3)c12. The van der Waals surface area contributed by atoms with Gasteiger partial charge < -0.3 is 14.8 Å². The second kappa shape index (κ2) is 6.38. The van der Waals surface area contributed by atoms with Crippen molar-refractivity contribution in [3.8, 4) is 5.75 Å². The van der Waals surface area contributed by atoms with Crippen molar-refractivity contribution in [3.63, 3.8) is 0 Å². The number of aliphatic carboxylic acids is 1. The number of aryl methyl sites for hydroxylation is 1. The summed E-state index contributed by atoms with van der Waals surface area (Å²) in [5, 5.41) is 10.00. The van der Waals surface area contributed by atoms with Crippen LogP contribution in [0.25, 0.3) is 10.9 Å². The van der Waals surface area contributed by atoms with Gasteiger partial charge in [0.1, 0.15) is 5.75 Å². The topological polar surface area (TPSA) is 62.3 Å². The molecule has 0 radical (unpaired) electrons. The van der Waals surface area contributed by atoms with Crippen molar-refractivity contribution in [1.29, 1.82) is 0 Å². The van der Waals surface area contributed by atoms with E-state index in [-0.39, 0.29) is 6.42 Å². The van der Waals surface area contributed by atoms with Crippen LogP contribution < -0.4 is 4.74 Å². The van der Waals surface area contributed by atoms with Crippen molar-refractivity contribution < 1.29 is 14.6 Å². The molecule has 2 aromatic carbocycles. The zero-order valence-corrected chi connectivity index (χ0v) is 13.7. The van der Waals surface area contributed by atoms with E-state index in [1.165, 1.54) is 0 Å². The Balaban J connectivity index is 2.02. The van der Waals surface area contributed by atoms with Crippen LogP contribution in [0, 0.1) is 6.92 Å². The van der Waals surface area contributed by atoms with Gasteiger partial charge in [-0.05, 0) is 36.8 Å². The summed E-state index contributed by atoms with van der Waals surface area (Å²) >= 11 is 1.62. The zero-order chi connectivity index (χ0) is 16.4. The molecule has 0 spiro atoms. The van der Waals surface area contributed by atoms with Crippen molar-refractivity contribution in [2.24, 2.45) is 0 Å². The number of aromatic nitrogens is 1. The molecule has 1 aromatic heterocycles. The largest absolute Gasteiger partial charge is 0.496 e. The molecule has 4 nitrogen and oxygen atoms in total. The summed E-state index contributed by atoms with van der Waals surface area (Å²) in [5.74, 6) is 0.00753. The fraction of sp³-hybridized carbons (Fsp3) is 0.167. The molecular weight excluding hydrogens is 310 g/mol. The molecule has 0 atom stereocenters. The van der Waals surface area contributed by atoms with Gasteiger partial charge in [-0.15, -0.1) is 0 Å². The molecule has 1 heterocycles. The average Bonchev–Trinajstić information content (AvgIpc) is 2.83. The van der Waals surface area contributed by atoms with Crippen LogP contribution >= 0.6 is 11.8 Å². The maximum Gasteiger partial charge on any atom is 0.307 e. The Bertz CT molecular complexity index is 870. The van der Waals surface area contributed by atoms with Crippen molar-refractivity contribution in [3.05, 3.63) is 53.7 Å². The van der Waals surface area contributed by atoms with Crippen LogP contribution in [0.4, 0.5) is 0 Å². The van der Waals surface area contributed by atoms with E-state index in [0.29, 0.717) is 0 Å². The number of hydrogen-bond donors (Lipinski definition) is 2. The Labute approximate surface area is 138 Å². The third-order valence-electron chi connectivity index (χ3n) is 3.61. The summed E-state index contributed by atoms with van der Waals surface area (Å²) in [6, 6.07) is 13.6. The van der Waals surface area contributed by atoms with E-state index in [0.717, 1.165) is 37.7 Å². The number of aromatic amines is 1. The van der Waals surface area contributed by atoms with E-state index in [2.05, 4.69) is 4.98 Å². The summed E-state index contributed by atoms with van der Waals surface area (Å²) in [7, 11) is 1.67. The number of benzene rings is 2. The maximum atomic E-state index is 10.9. The highest BCUT2D eigenvalue weighted by Gasteiger charge is 2.14. The van der Waals surface area contributed by atoms with E-state index in [1.807, 2.05) is 49.4 Å². The fourth-order valence-corrected chi connectivity index (χ4v) is 3.73. The molecule has 0 saturated heterocycles. The number of rotatable bonds is 5. The highest BCUT2D eigenvalue weighted by molar-refractivity contribution is 7.99. The summed E-state index contributed by atoms with van der Waals surface area (Å²) < 4.78 is 5.48. The number of ether oxygens (including phenoxy) is 1. The van der Waals surface area contributed by atoms with Crippen molar-refractivity contribution in [1.82, 2.24) is 4.98 Å². The Morgan fingerprint density at radius 2 is 2.04 bits per heavy atom. The van der Waals surface area contributed by atoms with Crippen LogP contribution in [0.3, 0.4) is 0 Å². The van der Waals surface area contributed by atoms with Gasteiger partial charge in [0.05, 0.1) is 24.4 Å². The van der Waals surface area contributed by atoms with E-state index in [4.69, 9.17) is 9.84 Å². The lowest BCUT2D eigenvalue weighted by molar-refractivity contribution is -0.136. The van der Waals surface area contributed by atoms with E-state index in [9.17, 15) is 4.79 Å². The molecule has 0 fully saturated rings. The van der Waals surface area contributed by atoms with Gasteiger partial charge >= 0.3 is 5.97 Å². The molecule has 23 heavy (non-hydrogen) atoms. The first kappa shape index (κ1) is 15.5. The third kappa shape index (κ3) is 3.19. The summed E-state index contributed by atoms with van der Waals surface area (Å²) in [6.45, 7) is 2.03. The number of hydrogen-bond acceptors (Lipinski definition) is 3. The molecule has 0 aliphatic heterocycles. The highest BCUT2D eigenvalue weighted by atomic mass is 32.2. The molecule has 118 valence electrons. The lowest BCUT2D eigenvalue weighted by Crippen LogP contribution is -1.99. The van der Waals surface area contributed by atoms with Crippen molar-refractivity contribution >= 4 is 28.6 Å². The monoisotopic (exact) mass is 327 g/mol. The van der Waals surface area contributed by atoms with Gasteiger partial charge in [-0.2, -0.15) is 0 Å². The quantitative estimate of drug-likeness (QED) is 0.735. The lowest BCUT2D eigenvalue weighted by atomic mass is 10.2. The molecule has 5 heteroatoms. The van der Waals surface area contributed by atoms with Gasteiger partial charge in [0.25, 0.3) is 0 Å². The van der Waals surface area contributed by atoms with Crippen molar-refractivity contribution in [2.45, 2.75) is 23.1 Å². The molecule has 0 bridgehead atoms. The first-order chi connectivity index (χ1) is 11.1. The van der Waals surface area contributed by atoms with Crippen LogP contribution in [0.15, 0.2) is 52.3 Å². The average molecular weight is 327 g/mol. The number of carboxylic acid groups (broad SMARTS) is 1. The minimum atomic E-state index is -0.822. The van der Waals surface area contributed by atoms with Crippen LogP contribution in [0.5, 0.6) is 5.75 Å². The Kier molecular flexibility index (Phi) is 4.30. The number of carbonyl (C=O) groups is 1. The standard InChI is InChI=1S/C18H17NO3S/c1-11-18(17-14(19-11)7-4-8-15(17)22-2)23-13-6-3-5-12(9-13)10-16(20)21/h3-9,19H,10H2,1-2H3,(H,20,21). The normalized spacial score (nSPS) is 10.9. The molecule has 0 unspecified atom stereocenters.